The molecule has 1 aliphatic heterocycles. The molecule has 1 spiro atoms. The molecular formula is C13H16O4. The number of hydrogen-bond donors (Lipinski definition) is 0. The van der Waals surface area contributed by atoms with Crippen LogP contribution in [0, 0.1) is 16.7 Å². The molecule has 0 bridgehead atoms. The Hall–Kier alpha value is -1.54. The van der Waals surface area contributed by atoms with Crippen LogP contribution in [0.3, 0.4) is 0 Å². The molecule has 92 valence electrons. The van der Waals surface area contributed by atoms with Gasteiger partial charge in [0, 0.05) is 25.2 Å². The molecule has 4 nitrogen and oxygen atoms in total. The van der Waals surface area contributed by atoms with Gasteiger partial charge in [-0.05, 0) is 6.08 Å². The highest BCUT2D eigenvalue weighted by Crippen LogP contribution is 2.71. The van der Waals surface area contributed by atoms with Crippen molar-refractivity contribution in [2.75, 3.05) is 0 Å². The van der Waals surface area contributed by atoms with Gasteiger partial charge in [0.2, 0.25) is 0 Å². The fourth-order valence-electron chi connectivity index (χ4n) is 2.75. The maximum absolute atomic E-state index is 12.1. The lowest BCUT2D eigenvalue weighted by atomic mass is 9.95. The van der Waals surface area contributed by atoms with Crippen LogP contribution in [0.1, 0.15) is 27.7 Å². The van der Waals surface area contributed by atoms with Gasteiger partial charge in [-0.2, -0.15) is 0 Å². The number of ether oxygens (including phenoxy) is 2. The maximum Gasteiger partial charge on any atom is 0.328 e. The van der Waals surface area contributed by atoms with Gasteiger partial charge in [0.15, 0.2) is 5.41 Å². The Kier molecular flexibility index (Phi) is 2.12. The molecule has 2 fully saturated rings. The molecule has 17 heavy (non-hydrogen) atoms. The second-order valence-corrected chi connectivity index (χ2v) is 5.56. The van der Waals surface area contributed by atoms with Crippen LogP contribution in [0.25, 0.3) is 0 Å². The van der Waals surface area contributed by atoms with Crippen LogP contribution in [0.5, 0.6) is 0 Å². The van der Waals surface area contributed by atoms with E-state index >= 15 is 0 Å². The van der Waals surface area contributed by atoms with Crippen molar-refractivity contribution in [2.24, 2.45) is 16.7 Å². The Bertz CT molecular complexity index is 432. The Morgan fingerprint density at radius 1 is 1.18 bits per heavy atom. The molecule has 1 aliphatic carbocycles. The van der Waals surface area contributed by atoms with Crippen molar-refractivity contribution < 1.29 is 19.1 Å². The zero-order chi connectivity index (χ0) is 13.1. The molecule has 0 aromatic heterocycles. The molecule has 1 saturated carbocycles. The lowest BCUT2D eigenvalue weighted by Gasteiger charge is -2.34. The summed E-state index contributed by atoms with van der Waals surface area (Å²) in [5.41, 5.74) is 0.902. The van der Waals surface area contributed by atoms with E-state index in [1.807, 2.05) is 13.8 Å². The van der Waals surface area contributed by atoms with Crippen LogP contribution in [0.2, 0.25) is 0 Å². The van der Waals surface area contributed by atoms with Crippen LogP contribution in [-0.2, 0) is 19.1 Å². The molecule has 4 heteroatoms. The van der Waals surface area contributed by atoms with E-state index in [1.54, 1.807) is 19.9 Å². The normalized spacial score (nSPS) is 31.2. The van der Waals surface area contributed by atoms with E-state index in [0.717, 1.165) is 0 Å². The van der Waals surface area contributed by atoms with Gasteiger partial charge in [0.1, 0.15) is 0 Å². The highest BCUT2D eigenvalue weighted by Gasteiger charge is 2.83. The number of carbonyl (C=O) groups excluding carboxylic acids is 2. The highest BCUT2D eigenvalue weighted by atomic mass is 16.7. The first-order valence-corrected chi connectivity index (χ1v) is 5.53. The van der Waals surface area contributed by atoms with Gasteiger partial charge in [-0.15, -0.1) is 5.73 Å². The molecule has 0 amide bonds. The van der Waals surface area contributed by atoms with E-state index in [-0.39, 0.29) is 5.92 Å². The van der Waals surface area contributed by atoms with Crippen molar-refractivity contribution in [3.63, 3.8) is 0 Å². The average molecular weight is 236 g/mol. The molecule has 1 atom stereocenters. The topological polar surface area (TPSA) is 52.6 Å². The van der Waals surface area contributed by atoms with Crippen LogP contribution >= 0.6 is 0 Å². The Morgan fingerprint density at radius 2 is 1.65 bits per heavy atom. The van der Waals surface area contributed by atoms with E-state index in [1.165, 1.54) is 0 Å². The molecule has 0 N–H and O–H groups in total. The zero-order valence-corrected chi connectivity index (χ0v) is 10.5. The zero-order valence-electron chi connectivity index (χ0n) is 10.5. The van der Waals surface area contributed by atoms with Crippen LogP contribution < -0.4 is 0 Å². The van der Waals surface area contributed by atoms with E-state index in [0.29, 0.717) is 0 Å². The van der Waals surface area contributed by atoms with Crippen molar-refractivity contribution >= 4 is 11.9 Å². The quantitative estimate of drug-likeness (QED) is 0.396. The Morgan fingerprint density at radius 3 is 2.06 bits per heavy atom. The summed E-state index contributed by atoms with van der Waals surface area (Å²) in [6.07, 6.45) is 1.64. The fraction of sp³-hybridized carbons (Fsp3) is 0.615. The first kappa shape index (κ1) is 11.9. The van der Waals surface area contributed by atoms with Gasteiger partial charge in [-0.25, -0.2) is 0 Å². The number of rotatable bonds is 1. The number of allylic oxidation sites excluding steroid dienone is 1. The molecule has 2 aliphatic rings. The van der Waals surface area contributed by atoms with Gasteiger partial charge in [-0.1, -0.05) is 20.4 Å². The maximum atomic E-state index is 12.1. The minimum Gasteiger partial charge on any atom is -0.422 e. The third-order valence-corrected chi connectivity index (χ3v) is 3.78. The predicted octanol–water partition coefficient (Wildman–Crippen LogP) is 1.81. The average Bonchev–Trinajstić information content (AvgIpc) is 2.61. The fourth-order valence-corrected chi connectivity index (χ4v) is 2.75. The first-order valence-electron chi connectivity index (χ1n) is 5.53. The molecule has 0 aromatic rings. The van der Waals surface area contributed by atoms with E-state index in [2.05, 4.69) is 12.3 Å². The summed E-state index contributed by atoms with van der Waals surface area (Å²) in [5, 5.41) is 0. The van der Waals surface area contributed by atoms with Crippen molar-refractivity contribution in [3.05, 3.63) is 18.4 Å². The minimum atomic E-state index is -1.22. The first-order chi connectivity index (χ1) is 7.70. The lowest BCUT2D eigenvalue weighted by molar-refractivity contribution is -0.245. The van der Waals surface area contributed by atoms with Crippen LogP contribution in [-0.4, -0.2) is 17.7 Å². The molecule has 1 heterocycles. The summed E-state index contributed by atoms with van der Waals surface area (Å²) >= 11 is 0. The number of hydrogen-bond acceptors (Lipinski definition) is 4. The summed E-state index contributed by atoms with van der Waals surface area (Å²) < 4.78 is 10.4. The number of carbonyl (C=O) groups is 2. The van der Waals surface area contributed by atoms with E-state index in [9.17, 15) is 9.59 Å². The SMILES string of the molecule is C=C=CC1C(C)(C)C12C(=O)OC(C)(C)OC2=O. The second kappa shape index (κ2) is 3.02. The molecule has 1 saturated heterocycles. The Labute approximate surface area is 100 Å². The summed E-state index contributed by atoms with van der Waals surface area (Å²) in [6.45, 7) is 10.2. The van der Waals surface area contributed by atoms with Crippen molar-refractivity contribution in [1.29, 1.82) is 0 Å². The van der Waals surface area contributed by atoms with Crippen molar-refractivity contribution in [3.8, 4) is 0 Å². The second-order valence-electron chi connectivity index (χ2n) is 5.56. The molecule has 2 rings (SSSR count). The smallest absolute Gasteiger partial charge is 0.328 e. The number of esters is 2. The van der Waals surface area contributed by atoms with Crippen LogP contribution in [0.4, 0.5) is 0 Å². The summed E-state index contributed by atoms with van der Waals surface area (Å²) in [6, 6.07) is 0. The highest BCUT2D eigenvalue weighted by molar-refractivity contribution is 6.07. The molecule has 0 radical (unpaired) electrons. The lowest BCUT2D eigenvalue weighted by Crippen LogP contribution is -2.49. The van der Waals surface area contributed by atoms with E-state index < -0.39 is 28.6 Å². The standard InChI is InChI=1S/C13H16O4/c1-6-7-8-11(2,3)13(8)9(14)16-12(4,5)17-10(13)15/h7-8H,1H2,2-5H3. The van der Waals surface area contributed by atoms with Gasteiger partial charge in [0.25, 0.3) is 5.79 Å². The van der Waals surface area contributed by atoms with E-state index in [4.69, 9.17) is 9.47 Å². The summed E-state index contributed by atoms with van der Waals surface area (Å²) in [4.78, 5) is 24.2. The summed E-state index contributed by atoms with van der Waals surface area (Å²) in [7, 11) is 0. The number of cyclic esters (lactones) is 2. The molecule has 1 unspecified atom stereocenters. The third-order valence-electron chi connectivity index (χ3n) is 3.78. The van der Waals surface area contributed by atoms with Gasteiger partial charge < -0.3 is 9.47 Å². The predicted molar refractivity (Wildman–Crippen MR) is 59.7 cm³/mol. The summed E-state index contributed by atoms with van der Waals surface area (Å²) in [5.74, 6) is -2.47. The molecular weight excluding hydrogens is 220 g/mol. The largest absolute Gasteiger partial charge is 0.422 e. The van der Waals surface area contributed by atoms with Gasteiger partial charge in [-0.3, -0.25) is 9.59 Å². The van der Waals surface area contributed by atoms with Crippen molar-refractivity contribution in [1.82, 2.24) is 0 Å². The van der Waals surface area contributed by atoms with Crippen molar-refractivity contribution in [2.45, 2.75) is 33.5 Å². The molecule has 0 aromatic carbocycles. The van der Waals surface area contributed by atoms with Crippen LogP contribution in [0.15, 0.2) is 18.4 Å². The Balaban J connectivity index is 2.44. The monoisotopic (exact) mass is 236 g/mol. The minimum absolute atomic E-state index is 0.261. The third kappa shape index (κ3) is 1.25. The van der Waals surface area contributed by atoms with Gasteiger partial charge >= 0.3 is 11.9 Å². The van der Waals surface area contributed by atoms with Gasteiger partial charge in [0.05, 0.1) is 0 Å².